The van der Waals surface area contributed by atoms with Gasteiger partial charge in [0.25, 0.3) is 0 Å². The highest BCUT2D eigenvalue weighted by Gasteiger charge is 2.17. The van der Waals surface area contributed by atoms with Crippen LogP contribution in [0.5, 0.6) is 0 Å². The third-order valence-corrected chi connectivity index (χ3v) is 4.17. The van der Waals surface area contributed by atoms with Gasteiger partial charge in [-0.25, -0.2) is 0 Å². The Balaban J connectivity index is 0. The summed E-state index contributed by atoms with van der Waals surface area (Å²) in [6, 6.07) is 0.384. The number of likely N-dealkylation sites (tertiary alicyclic amines) is 1. The fourth-order valence-electron chi connectivity index (χ4n) is 2.89. The van der Waals surface area contributed by atoms with Gasteiger partial charge in [-0.3, -0.25) is 4.79 Å². The molecule has 0 saturated carbocycles. The molecule has 0 spiro atoms. The number of carbonyl (C=O) groups excluding carboxylic acids is 1. The molecule has 22 heavy (non-hydrogen) atoms. The number of piperidine rings is 1. The first kappa shape index (κ1) is 24.2. The Labute approximate surface area is 148 Å². The monoisotopic (exact) mass is 355 g/mol. The number of hydrogen-bond donors (Lipinski definition) is 2. The fraction of sp³-hybridized carbons (Fsp3) is 0.938. The van der Waals surface area contributed by atoms with E-state index in [-0.39, 0.29) is 36.8 Å². The first-order valence-corrected chi connectivity index (χ1v) is 8.28. The van der Waals surface area contributed by atoms with Crippen LogP contribution in [-0.2, 0) is 4.79 Å². The molecule has 2 atom stereocenters. The lowest BCUT2D eigenvalue weighted by molar-refractivity contribution is -0.122. The molecule has 1 aliphatic rings. The van der Waals surface area contributed by atoms with Crippen molar-refractivity contribution in [3.63, 3.8) is 0 Å². The maximum atomic E-state index is 11.7. The van der Waals surface area contributed by atoms with Crippen LogP contribution in [-0.4, -0.2) is 42.5 Å². The van der Waals surface area contributed by atoms with E-state index in [0.717, 1.165) is 38.4 Å². The lowest BCUT2D eigenvalue weighted by Gasteiger charge is -2.33. The molecule has 1 aliphatic heterocycles. The molecule has 1 fully saturated rings. The summed E-state index contributed by atoms with van der Waals surface area (Å²) >= 11 is 0. The summed E-state index contributed by atoms with van der Waals surface area (Å²) in [4.78, 5) is 14.3. The second-order valence-electron chi connectivity index (χ2n) is 6.61. The smallest absolute Gasteiger partial charge is 0.236 e. The lowest BCUT2D eigenvalue weighted by Crippen LogP contribution is -2.42. The van der Waals surface area contributed by atoms with Crippen LogP contribution < -0.4 is 11.1 Å². The lowest BCUT2D eigenvalue weighted by atomic mass is 10.0. The van der Waals surface area contributed by atoms with Crippen molar-refractivity contribution in [2.75, 3.05) is 19.6 Å². The SMILES string of the molecule is CC(C)C[C@H](N)C(=O)NCCCCN1CCCCC1C.Cl.Cl. The summed E-state index contributed by atoms with van der Waals surface area (Å²) in [5.41, 5.74) is 5.85. The van der Waals surface area contributed by atoms with Gasteiger partial charge in [0.2, 0.25) is 5.91 Å². The van der Waals surface area contributed by atoms with E-state index in [4.69, 9.17) is 5.73 Å². The van der Waals surface area contributed by atoms with Crippen LogP contribution in [0.15, 0.2) is 0 Å². The summed E-state index contributed by atoms with van der Waals surface area (Å²) in [6.45, 7) is 9.67. The zero-order chi connectivity index (χ0) is 15.0. The van der Waals surface area contributed by atoms with Crippen molar-refractivity contribution in [1.29, 1.82) is 0 Å². The molecule has 0 bridgehead atoms. The van der Waals surface area contributed by atoms with Crippen molar-refractivity contribution in [3.05, 3.63) is 0 Å². The van der Waals surface area contributed by atoms with E-state index in [1.165, 1.54) is 25.8 Å². The molecule has 4 nitrogen and oxygen atoms in total. The van der Waals surface area contributed by atoms with E-state index in [0.29, 0.717) is 5.92 Å². The molecule has 134 valence electrons. The van der Waals surface area contributed by atoms with E-state index < -0.39 is 0 Å². The first-order chi connectivity index (χ1) is 9.50. The molecule has 0 aliphatic carbocycles. The van der Waals surface area contributed by atoms with Gasteiger partial charge in [-0.15, -0.1) is 24.8 Å². The van der Waals surface area contributed by atoms with Crippen molar-refractivity contribution < 1.29 is 4.79 Å². The van der Waals surface area contributed by atoms with E-state index in [2.05, 4.69) is 31.0 Å². The minimum absolute atomic E-state index is 0. The van der Waals surface area contributed by atoms with Gasteiger partial charge in [0.1, 0.15) is 0 Å². The van der Waals surface area contributed by atoms with Gasteiger partial charge in [0, 0.05) is 12.6 Å². The number of amides is 1. The number of halogens is 2. The minimum Gasteiger partial charge on any atom is -0.355 e. The highest BCUT2D eigenvalue weighted by Crippen LogP contribution is 2.16. The number of hydrogen-bond acceptors (Lipinski definition) is 3. The first-order valence-electron chi connectivity index (χ1n) is 8.28. The number of carbonyl (C=O) groups is 1. The van der Waals surface area contributed by atoms with E-state index in [1.807, 2.05) is 0 Å². The average Bonchev–Trinajstić information content (AvgIpc) is 2.39. The summed E-state index contributed by atoms with van der Waals surface area (Å²) in [5.74, 6) is 0.473. The quantitative estimate of drug-likeness (QED) is 0.658. The molecule has 3 N–H and O–H groups in total. The zero-order valence-electron chi connectivity index (χ0n) is 14.3. The van der Waals surface area contributed by atoms with Crippen LogP contribution >= 0.6 is 24.8 Å². The zero-order valence-corrected chi connectivity index (χ0v) is 16.0. The Bertz CT molecular complexity index is 291. The van der Waals surface area contributed by atoms with Crippen molar-refractivity contribution in [2.24, 2.45) is 11.7 Å². The second kappa shape index (κ2) is 13.4. The number of nitrogens with zero attached hydrogens (tertiary/aromatic N) is 1. The fourth-order valence-corrected chi connectivity index (χ4v) is 2.89. The van der Waals surface area contributed by atoms with Gasteiger partial charge in [-0.05, 0) is 58.0 Å². The molecule has 6 heteroatoms. The Morgan fingerprint density at radius 3 is 2.55 bits per heavy atom. The van der Waals surface area contributed by atoms with Crippen molar-refractivity contribution in [1.82, 2.24) is 10.2 Å². The number of nitrogens with two attached hydrogens (primary N) is 1. The van der Waals surface area contributed by atoms with Crippen LogP contribution in [0, 0.1) is 5.92 Å². The minimum atomic E-state index is -0.350. The van der Waals surface area contributed by atoms with Gasteiger partial charge >= 0.3 is 0 Å². The average molecular weight is 356 g/mol. The molecule has 0 aromatic heterocycles. The summed E-state index contributed by atoms with van der Waals surface area (Å²) < 4.78 is 0. The summed E-state index contributed by atoms with van der Waals surface area (Å²) in [7, 11) is 0. The highest BCUT2D eigenvalue weighted by molar-refractivity contribution is 5.85. The van der Waals surface area contributed by atoms with Crippen molar-refractivity contribution in [2.45, 2.75) is 71.4 Å². The predicted molar refractivity (Wildman–Crippen MR) is 99.1 cm³/mol. The second-order valence-corrected chi connectivity index (χ2v) is 6.61. The topological polar surface area (TPSA) is 58.4 Å². The molecule has 1 amide bonds. The number of rotatable bonds is 8. The standard InChI is InChI=1S/C16H33N3O.2ClH/c1-13(2)12-15(17)16(20)18-9-5-7-11-19-10-6-4-8-14(19)3;;/h13-15H,4-12,17H2,1-3H3,(H,18,20);2*1H/t14?,15-;;/m0../s1. The van der Waals surface area contributed by atoms with Gasteiger partial charge < -0.3 is 16.0 Å². The molecule has 1 rings (SSSR count). The Kier molecular flexibility index (Phi) is 14.8. The maximum Gasteiger partial charge on any atom is 0.236 e. The molecular weight excluding hydrogens is 321 g/mol. The van der Waals surface area contributed by atoms with Crippen molar-refractivity contribution >= 4 is 30.7 Å². The number of nitrogens with one attached hydrogen (secondary N) is 1. The molecular formula is C16H35Cl2N3O. The van der Waals surface area contributed by atoms with Crippen molar-refractivity contribution in [3.8, 4) is 0 Å². The Hall–Kier alpha value is -0.0300. The van der Waals surface area contributed by atoms with E-state index in [1.54, 1.807) is 0 Å². The molecule has 1 unspecified atom stereocenters. The van der Waals surface area contributed by atoms with Gasteiger partial charge in [-0.2, -0.15) is 0 Å². The summed E-state index contributed by atoms with van der Waals surface area (Å²) in [5, 5.41) is 2.95. The van der Waals surface area contributed by atoms with Gasteiger partial charge in [0.15, 0.2) is 0 Å². The summed E-state index contributed by atoms with van der Waals surface area (Å²) in [6.07, 6.45) is 7.01. The molecule has 1 heterocycles. The van der Waals surface area contributed by atoms with Crippen LogP contribution in [0.4, 0.5) is 0 Å². The van der Waals surface area contributed by atoms with Gasteiger partial charge in [-0.1, -0.05) is 20.3 Å². The third kappa shape index (κ3) is 9.88. The molecule has 0 aromatic carbocycles. The molecule has 0 aromatic rings. The van der Waals surface area contributed by atoms with E-state index >= 15 is 0 Å². The Morgan fingerprint density at radius 2 is 1.95 bits per heavy atom. The van der Waals surface area contributed by atoms with Gasteiger partial charge in [0.05, 0.1) is 6.04 Å². The maximum absolute atomic E-state index is 11.7. The van der Waals surface area contributed by atoms with Crippen LogP contribution in [0.25, 0.3) is 0 Å². The molecule has 0 radical (unpaired) electrons. The number of unbranched alkanes of at least 4 members (excludes halogenated alkanes) is 1. The van der Waals surface area contributed by atoms with Crippen LogP contribution in [0.1, 0.15) is 59.3 Å². The van der Waals surface area contributed by atoms with E-state index in [9.17, 15) is 4.79 Å². The molecule has 1 saturated heterocycles. The highest BCUT2D eigenvalue weighted by atomic mass is 35.5. The van der Waals surface area contributed by atoms with Crippen LogP contribution in [0.2, 0.25) is 0 Å². The van der Waals surface area contributed by atoms with Crippen LogP contribution in [0.3, 0.4) is 0 Å². The largest absolute Gasteiger partial charge is 0.355 e. The third-order valence-electron chi connectivity index (χ3n) is 4.17. The Morgan fingerprint density at radius 1 is 1.27 bits per heavy atom. The normalized spacial score (nSPS) is 20.0. The predicted octanol–water partition coefficient (Wildman–Crippen LogP) is 2.97.